The number of aliphatic carboxylic acids is 1. The predicted molar refractivity (Wildman–Crippen MR) is 138 cm³/mol. The first-order valence-electron chi connectivity index (χ1n) is 12.9. The first kappa shape index (κ1) is 26.1. The first-order chi connectivity index (χ1) is 17.4. The summed E-state index contributed by atoms with van der Waals surface area (Å²) in [5, 5.41) is 10.3. The SMILES string of the molecule is COc1ccc2nccc(C(F)CCC3CCN(CCCCc4nccn4C)CC3CC(=O)O)c2c1. The first-order valence-corrected chi connectivity index (χ1v) is 12.9. The molecule has 194 valence electrons. The Morgan fingerprint density at radius 2 is 2.08 bits per heavy atom. The lowest BCUT2D eigenvalue weighted by Gasteiger charge is -2.38. The topological polar surface area (TPSA) is 80.5 Å². The van der Waals surface area contributed by atoms with Crippen molar-refractivity contribution in [1.29, 1.82) is 0 Å². The number of piperidine rings is 1. The molecule has 0 spiro atoms. The van der Waals surface area contributed by atoms with Crippen LogP contribution in [0, 0.1) is 11.8 Å². The number of hydrogen-bond donors (Lipinski definition) is 1. The van der Waals surface area contributed by atoms with Gasteiger partial charge in [0.25, 0.3) is 0 Å². The standard InChI is InChI=1S/C28H37FN4O3/c1-32-16-13-31-27(32)5-3-4-14-33-15-11-20(21(19-33)17-28(34)35)6-8-25(29)23-10-12-30-26-9-7-22(36-2)18-24(23)26/h7,9-10,12-13,16,18,20-21,25H,3-6,8,11,14-15,17,19H2,1-2H3,(H,34,35). The number of unbranched alkanes of at least 4 members (excludes halogenated alkanes) is 1. The molecule has 2 aromatic heterocycles. The van der Waals surface area contributed by atoms with E-state index in [4.69, 9.17) is 4.74 Å². The number of hydrogen-bond acceptors (Lipinski definition) is 5. The van der Waals surface area contributed by atoms with Gasteiger partial charge in [-0.1, -0.05) is 0 Å². The molecule has 3 heterocycles. The predicted octanol–water partition coefficient (Wildman–Crippen LogP) is 5.20. The summed E-state index contributed by atoms with van der Waals surface area (Å²) in [4.78, 5) is 22.7. The molecule has 0 aliphatic carbocycles. The quantitative estimate of drug-likeness (QED) is 0.347. The molecule has 36 heavy (non-hydrogen) atoms. The van der Waals surface area contributed by atoms with Crippen LogP contribution in [0.5, 0.6) is 5.75 Å². The molecule has 0 amide bonds. The van der Waals surface area contributed by atoms with Crippen molar-refractivity contribution >= 4 is 16.9 Å². The van der Waals surface area contributed by atoms with Gasteiger partial charge in [-0.05, 0) is 86.9 Å². The smallest absolute Gasteiger partial charge is 0.303 e. The molecule has 8 heteroatoms. The number of carboxylic acids is 1. The monoisotopic (exact) mass is 496 g/mol. The highest BCUT2D eigenvalue weighted by Crippen LogP contribution is 2.36. The second kappa shape index (κ2) is 12.3. The van der Waals surface area contributed by atoms with Gasteiger partial charge in [0.2, 0.25) is 0 Å². The van der Waals surface area contributed by atoms with E-state index in [0.717, 1.165) is 62.0 Å². The zero-order valence-corrected chi connectivity index (χ0v) is 21.3. The highest BCUT2D eigenvalue weighted by Gasteiger charge is 2.31. The van der Waals surface area contributed by atoms with Crippen molar-refractivity contribution in [2.45, 2.75) is 51.1 Å². The minimum absolute atomic E-state index is 0.0484. The van der Waals surface area contributed by atoms with Crippen LogP contribution in [0.1, 0.15) is 56.1 Å². The molecule has 1 aromatic carbocycles. The van der Waals surface area contributed by atoms with Crippen LogP contribution in [0.2, 0.25) is 0 Å². The number of likely N-dealkylation sites (tertiary alicyclic amines) is 1. The van der Waals surface area contributed by atoms with Crippen LogP contribution in [-0.2, 0) is 18.3 Å². The van der Waals surface area contributed by atoms with Gasteiger partial charge in [-0.3, -0.25) is 9.78 Å². The number of halogens is 1. The maximum Gasteiger partial charge on any atom is 0.303 e. The van der Waals surface area contributed by atoms with Gasteiger partial charge >= 0.3 is 5.97 Å². The number of aromatic nitrogens is 3. The number of pyridine rings is 1. The number of ether oxygens (including phenoxy) is 1. The Balaban J connectivity index is 1.32. The number of carboxylic acid groups (broad SMARTS) is 1. The number of imidazole rings is 1. The van der Waals surface area contributed by atoms with Crippen molar-refractivity contribution in [2.24, 2.45) is 18.9 Å². The van der Waals surface area contributed by atoms with Crippen molar-refractivity contribution in [1.82, 2.24) is 19.4 Å². The molecule has 3 unspecified atom stereocenters. The van der Waals surface area contributed by atoms with Crippen LogP contribution in [-0.4, -0.2) is 57.3 Å². The lowest BCUT2D eigenvalue weighted by molar-refractivity contribution is -0.139. The van der Waals surface area contributed by atoms with Gasteiger partial charge in [0, 0.05) is 50.4 Å². The minimum Gasteiger partial charge on any atom is -0.497 e. The summed E-state index contributed by atoms with van der Waals surface area (Å²) in [5.41, 5.74) is 1.37. The molecule has 3 aromatic rings. The van der Waals surface area contributed by atoms with Crippen molar-refractivity contribution in [3.8, 4) is 5.75 Å². The van der Waals surface area contributed by atoms with E-state index in [2.05, 4.69) is 19.4 Å². The number of aryl methyl sites for hydroxylation is 2. The Morgan fingerprint density at radius 3 is 2.83 bits per heavy atom. The molecule has 1 N–H and O–H groups in total. The fraction of sp³-hybridized carbons (Fsp3) is 0.536. The molecule has 3 atom stereocenters. The second-order valence-corrected chi connectivity index (χ2v) is 9.95. The van der Waals surface area contributed by atoms with Gasteiger partial charge in [0.1, 0.15) is 17.7 Å². The molecule has 0 radical (unpaired) electrons. The fourth-order valence-corrected chi connectivity index (χ4v) is 5.51. The van der Waals surface area contributed by atoms with E-state index in [1.165, 1.54) is 0 Å². The largest absolute Gasteiger partial charge is 0.497 e. The lowest BCUT2D eigenvalue weighted by atomic mass is 9.79. The number of nitrogens with zero attached hydrogens (tertiary/aromatic N) is 4. The van der Waals surface area contributed by atoms with Crippen LogP contribution in [0.25, 0.3) is 10.9 Å². The number of fused-ring (bicyclic) bond motifs is 1. The molecule has 0 bridgehead atoms. The molecular formula is C28H37FN4O3. The van der Waals surface area contributed by atoms with Gasteiger partial charge in [-0.15, -0.1) is 0 Å². The van der Waals surface area contributed by atoms with Crippen LogP contribution in [0.3, 0.4) is 0 Å². The third kappa shape index (κ3) is 6.60. The third-order valence-electron chi connectivity index (χ3n) is 7.57. The average Bonchev–Trinajstić information content (AvgIpc) is 3.29. The normalized spacial score (nSPS) is 19.4. The molecular weight excluding hydrogens is 459 g/mol. The van der Waals surface area contributed by atoms with Crippen LogP contribution >= 0.6 is 0 Å². The number of benzene rings is 1. The molecule has 4 rings (SSSR count). The van der Waals surface area contributed by atoms with E-state index < -0.39 is 12.1 Å². The van der Waals surface area contributed by atoms with Crippen LogP contribution in [0.4, 0.5) is 4.39 Å². The summed E-state index contributed by atoms with van der Waals surface area (Å²) in [7, 11) is 3.61. The number of methoxy groups -OCH3 is 1. The van der Waals surface area contributed by atoms with Gasteiger partial charge in [0.05, 0.1) is 12.6 Å². The summed E-state index contributed by atoms with van der Waals surface area (Å²) in [6, 6.07) is 7.26. The van der Waals surface area contributed by atoms with Gasteiger partial charge < -0.3 is 19.3 Å². The Kier molecular flexibility index (Phi) is 8.91. The molecule has 0 saturated carbocycles. The Labute approximate surface area is 212 Å². The lowest BCUT2D eigenvalue weighted by Crippen LogP contribution is -2.41. The van der Waals surface area contributed by atoms with E-state index >= 15 is 4.39 Å². The highest BCUT2D eigenvalue weighted by atomic mass is 19.1. The minimum atomic E-state index is -1.13. The molecule has 1 aliphatic heterocycles. The van der Waals surface area contributed by atoms with E-state index in [0.29, 0.717) is 24.2 Å². The average molecular weight is 497 g/mol. The van der Waals surface area contributed by atoms with E-state index in [-0.39, 0.29) is 18.3 Å². The summed E-state index contributed by atoms with van der Waals surface area (Å²) in [5.74, 6) is 1.26. The Hall–Kier alpha value is -3.00. The zero-order valence-electron chi connectivity index (χ0n) is 21.3. The second-order valence-electron chi connectivity index (χ2n) is 9.95. The maximum absolute atomic E-state index is 15.5. The number of carbonyl (C=O) groups is 1. The summed E-state index contributed by atoms with van der Waals surface area (Å²) >= 11 is 0. The van der Waals surface area contributed by atoms with Crippen molar-refractivity contribution in [3.05, 3.63) is 54.2 Å². The molecule has 1 saturated heterocycles. The zero-order chi connectivity index (χ0) is 25.5. The number of rotatable bonds is 12. The van der Waals surface area contributed by atoms with E-state index in [9.17, 15) is 9.90 Å². The Morgan fingerprint density at radius 1 is 1.22 bits per heavy atom. The summed E-state index contributed by atoms with van der Waals surface area (Å²) in [6.45, 7) is 2.67. The summed E-state index contributed by atoms with van der Waals surface area (Å²) in [6.07, 6.45) is 9.49. The van der Waals surface area contributed by atoms with Crippen LogP contribution in [0.15, 0.2) is 42.9 Å². The summed E-state index contributed by atoms with van der Waals surface area (Å²) < 4.78 is 22.8. The van der Waals surface area contributed by atoms with Crippen molar-refractivity contribution in [2.75, 3.05) is 26.7 Å². The molecule has 7 nitrogen and oxygen atoms in total. The van der Waals surface area contributed by atoms with Crippen molar-refractivity contribution in [3.63, 3.8) is 0 Å². The van der Waals surface area contributed by atoms with Crippen LogP contribution < -0.4 is 4.74 Å². The van der Waals surface area contributed by atoms with Gasteiger partial charge in [-0.25, -0.2) is 9.37 Å². The Bertz CT molecular complexity index is 1150. The highest BCUT2D eigenvalue weighted by molar-refractivity contribution is 5.83. The van der Waals surface area contributed by atoms with Gasteiger partial charge in [0.15, 0.2) is 0 Å². The molecule has 1 aliphatic rings. The van der Waals surface area contributed by atoms with E-state index in [1.54, 1.807) is 19.4 Å². The molecule has 1 fully saturated rings. The maximum atomic E-state index is 15.5. The van der Waals surface area contributed by atoms with Crippen molar-refractivity contribution < 1.29 is 19.0 Å². The third-order valence-corrected chi connectivity index (χ3v) is 7.57. The van der Waals surface area contributed by atoms with E-state index in [1.807, 2.05) is 37.6 Å². The fourth-order valence-electron chi connectivity index (χ4n) is 5.51. The number of alkyl halides is 1. The van der Waals surface area contributed by atoms with Gasteiger partial charge in [-0.2, -0.15) is 0 Å².